The molecule has 0 bridgehead atoms. The minimum atomic E-state index is -4.25. The van der Waals surface area contributed by atoms with E-state index < -0.39 is 28.5 Å². The van der Waals surface area contributed by atoms with Crippen LogP contribution in [0.5, 0.6) is 5.75 Å². The molecular formula is C29H33BrClN3O5S. The molecular weight excluding hydrogens is 618 g/mol. The zero-order valence-electron chi connectivity index (χ0n) is 22.9. The van der Waals surface area contributed by atoms with Gasteiger partial charge in [-0.2, -0.15) is 0 Å². The average molecular weight is 651 g/mol. The Morgan fingerprint density at radius 2 is 1.70 bits per heavy atom. The van der Waals surface area contributed by atoms with E-state index in [0.29, 0.717) is 6.54 Å². The third-order valence-corrected chi connectivity index (χ3v) is 8.82. The van der Waals surface area contributed by atoms with Crippen molar-refractivity contribution in [1.29, 1.82) is 0 Å². The largest absolute Gasteiger partial charge is 0.495 e. The molecule has 11 heteroatoms. The first-order valence-corrected chi connectivity index (χ1v) is 15.3. The highest BCUT2D eigenvalue weighted by Gasteiger charge is 2.34. The van der Waals surface area contributed by atoms with Crippen LogP contribution in [0.4, 0.5) is 5.69 Å². The summed E-state index contributed by atoms with van der Waals surface area (Å²) in [7, 11) is -2.84. The number of hydrogen-bond donors (Lipinski definition) is 1. The highest BCUT2D eigenvalue weighted by atomic mass is 79.9. The van der Waals surface area contributed by atoms with E-state index in [4.69, 9.17) is 16.3 Å². The van der Waals surface area contributed by atoms with Crippen LogP contribution in [0.15, 0.2) is 76.1 Å². The Labute approximate surface area is 249 Å². The first-order valence-electron chi connectivity index (χ1n) is 12.7. The molecule has 3 aromatic rings. The van der Waals surface area contributed by atoms with Gasteiger partial charge in [0, 0.05) is 22.6 Å². The van der Waals surface area contributed by atoms with Crippen LogP contribution < -0.4 is 14.4 Å². The smallest absolute Gasteiger partial charge is 0.264 e. The number of aryl methyl sites for hydroxylation is 1. The van der Waals surface area contributed by atoms with Crippen molar-refractivity contribution in [2.75, 3.05) is 24.5 Å². The summed E-state index contributed by atoms with van der Waals surface area (Å²) in [5.74, 6) is -0.679. The number of sulfonamides is 1. The third-order valence-electron chi connectivity index (χ3n) is 6.28. The molecule has 0 saturated heterocycles. The lowest BCUT2D eigenvalue weighted by Crippen LogP contribution is -2.51. The van der Waals surface area contributed by atoms with Crippen LogP contribution in [-0.2, 0) is 26.2 Å². The summed E-state index contributed by atoms with van der Waals surface area (Å²) in [6, 6.07) is 17.4. The fraction of sp³-hybridized carbons (Fsp3) is 0.310. The van der Waals surface area contributed by atoms with Crippen LogP contribution in [0.3, 0.4) is 0 Å². The van der Waals surface area contributed by atoms with Gasteiger partial charge in [0.2, 0.25) is 11.8 Å². The summed E-state index contributed by atoms with van der Waals surface area (Å²) in [4.78, 5) is 28.3. The van der Waals surface area contributed by atoms with E-state index in [-0.39, 0.29) is 33.8 Å². The first kappa shape index (κ1) is 31.4. The molecule has 0 aromatic heterocycles. The minimum Gasteiger partial charge on any atom is -0.495 e. The lowest BCUT2D eigenvalue weighted by molar-refractivity contribution is -0.139. The van der Waals surface area contributed by atoms with Gasteiger partial charge in [-0.25, -0.2) is 8.42 Å². The predicted molar refractivity (Wildman–Crippen MR) is 161 cm³/mol. The summed E-state index contributed by atoms with van der Waals surface area (Å²) in [5, 5.41) is 3.09. The zero-order valence-corrected chi connectivity index (χ0v) is 26.0. The van der Waals surface area contributed by atoms with Crippen LogP contribution >= 0.6 is 27.5 Å². The Morgan fingerprint density at radius 1 is 1.05 bits per heavy atom. The molecule has 40 heavy (non-hydrogen) atoms. The van der Waals surface area contributed by atoms with Crippen molar-refractivity contribution in [3.63, 3.8) is 0 Å². The number of carbonyl (C=O) groups excluding carboxylic acids is 2. The molecule has 0 unspecified atom stereocenters. The van der Waals surface area contributed by atoms with E-state index in [1.54, 1.807) is 31.2 Å². The van der Waals surface area contributed by atoms with Crippen LogP contribution in [-0.4, -0.2) is 51.4 Å². The molecule has 3 aromatic carbocycles. The van der Waals surface area contributed by atoms with E-state index in [1.165, 1.54) is 30.2 Å². The van der Waals surface area contributed by atoms with Crippen molar-refractivity contribution < 1.29 is 22.7 Å². The Kier molecular flexibility index (Phi) is 11.0. The topological polar surface area (TPSA) is 96.0 Å². The number of ether oxygens (including phenoxy) is 1. The van der Waals surface area contributed by atoms with Crippen molar-refractivity contribution in [3.05, 3.63) is 87.4 Å². The Balaban J connectivity index is 2.08. The Morgan fingerprint density at radius 3 is 2.30 bits per heavy atom. The van der Waals surface area contributed by atoms with Crippen molar-refractivity contribution in [2.45, 2.75) is 44.7 Å². The highest BCUT2D eigenvalue weighted by molar-refractivity contribution is 9.10. The second-order valence-electron chi connectivity index (χ2n) is 9.26. The second-order valence-corrected chi connectivity index (χ2v) is 12.5. The molecule has 0 aliphatic rings. The van der Waals surface area contributed by atoms with Crippen LogP contribution in [0.2, 0.25) is 5.02 Å². The molecule has 8 nitrogen and oxygen atoms in total. The van der Waals surface area contributed by atoms with Crippen molar-refractivity contribution in [2.24, 2.45) is 0 Å². The standard InChI is InChI=1S/C29H33BrClN3O5S/c1-5-16-32-29(36)21(3)33(18-22-8-10-23(30)11-9-22)28(35)19-34(26-17-24(31)12-15-27(26)39-4)40(37,38)25-13-6-20(2)7-14-25/h6-15,17,21H,5,16,18-19H2,1-4H3,(H,32,36)/t21-/m0/s1. The number of anilines is 1. The van der Waals surface area contributed by atoms with Gasteiger partial charge in [-0.3, -0.25) is 13.9 Å². The van der Waals surface area contributed by atoms with Gasteiger partial charge in [-0.1, -0.05) is 64.3 Å². The number of methoxy groups -OCH3 is 1. The summed E-state index contributed by atoms with van der Waals surface area (Å²) < 4.78 is 35.3. The van der Waals surface area contributed by atoms with E-state index >= 15 is 0 Å². The first-order chi connectivity index (χ1) is 19.0. The van der Waals surface area contributed by atoms with Gasteiger partial charge in [0.25, 0.3) is 10.0 Å². The molecule has 0 spiro atoms. The predicted octanol–water partition coefficient (Wildman–Crippen LogP) is 5.56. The molecule has 0 aliphatic carbocycles. The van der Waals surface area contributed by atoms with Gasteiger partial charge in [-0.05, 0) is 68.3 Å². The molecule has 0 radical (unpaired) electrons. The molecule has 0 saturated carbocycles. The number of nitrogens with zero attached hydrogens (tertiary/aromatic N) is 2. The fourth-order valence-corrected chi connectivity index (χ4v) is 5.82. The van der Waals surface area contributed by atoms with E-state index in [1.807, 2.05) is 38.1 Å². The van der Waals surface area contributed by atoms with Crippen LogP contribution in [0.1, 0.15) is 31.4 Å². The van der Waals surface area contributed by atoms with E-state index in [2.05, 4.69) is 21.2 Å². The maximum absolute atomic E-state index is 14.0. The monoisotopic (exact) mass is 649 g/mol. The second kappa shape index (κ2) is 14.0. The molecule has 0 heterocycles. The van der Waals surface area contributed by atoms with Crippen LogP contribution in [0.25, 0.3) is 0 Å². The number of halogens is 2. The molecule has 2 amide bonds. The van der Waals surface area contributed by atoms with Gasteiger partial charge < -0.3 is 15.0 Å². The van der Waals surface area contributed by atoms with E-state index in [9.17, 15) is 18.0 Å². The summed E-state index contributed by atoms with van der Waals surface area (Å²) in [6.45, 7) is 5.37. The van der Waals surface area contributed by atoms with Gasteiger partial charge in [0.15, 0.2) is 0 Å². The zero-order chi connectivity index (χ0) is 29.4. The maximum atomic E-state index is 14.0. The summed E-state index contributed by atoms with van der Waals surface area (Å²) in [5.41, 5.74) is 1.77. The number of hydrogen-bond acceptors (Lipinski definition) is 5. The average Bonchev–Trinajstić information content (AvgIpc) is 2.93. The van der Waals surface area contributed by atoms with Crippen LogP contribution in [0, 0.1) is 6.92 Å². The van der Waals surface area contributed by atoms with Gasteiger partial charge in [0.05, 0.1) is 17.7 Å². The highest BCUT2D eigenvalue weighted by Crippen LogP contribution is 2.35. The number of nitrogens with one attached hydrogen (secondary N) is 1. The van der Waals surface area contributed by atoms with Crippen molar-refractivity contribution in [3.8, 4) is 5.75 Å². The van der Waals surface area contributed by atoms with Gasteiger partial charge in [-0.15, -0.1) is 0 Å². The lowest BCUT2D eigenvalue weighted by Gasteiger charge is -2.32. The molecule has 1 atom stereocenters. The third kappa shape index (κ3) is 7.77. The molecule has 214 valence electrons. The van der Waals surface area contributed by atoms with Gasteiger partial charge in [0.1, 0.15) is 18.3 Å². The normalized spacial score (nSPS) is 11.9. The quantitative estimate of drug-likeness (QED) is 0.277. The summed E-state index contributed by atoms with van der Waals surface area (Å²) >= 11 is 9.67. The lowest BCUT2D eigenvalue weighted by atomic mass is 10.1. The van der Waals surface area contributed by atoms with Gasteiger partial charge >= 0.3 is 0 Å². The fourth-order valence-electron chi connectivity index (χ4n) is 3.97. The van der Waals surface area contributed by atoms with Crippen molar-refractivity contribution in [1.82, 2.24) is 10.2 Å². The van der Waals surface area contributed by atoms with E-state index in [0.717, 1.165) is 26.3 Å². The summed E-state index contributed by atoms with van der Waals surface area (Å²) in [6.07, 6.45) is 0.732. The number of benzene rings is 3. The molecule has 3 rings (SSSR count). The molecule has 1 N–H and O–H groups in total. The number of rotatable bonds is 12. The SMILES string of the molecule is CCCNC(=O)[C@H](C)N(Cc1ccc(Br)cc1)C(=O)CN(c1cc(Cl)ccc1OC)S(=O)(=O)c1ccc(C)cc1. The maximum Gasteiger partial charge on any atom is 0.264 e. The number of carbonyl (C=O) groups is 2. The Bertz CT molecular complexity index is 1430. The Hall–Kier alpha value is -3.08. The molecule has 0 aliphatic heterocycles. The number of amides is 2. The minimum absolute atomic E-state index is 0.00104. The van der Waals surface area contributed by atoms with Crippen molar-refractivity contribution >= 4 is 55.1 Å². The molecule has 0 fully saturated rings.